The number of fused-ring (bicyclic) bond motifs is 8. The number of ether oxygens (including phenoxy) is 1. The Kier molecular flexibility index (Phi) is 3.50. The third kappa shape index (κ3) is 2.27. The lowest BCUT2D eigenvalue weighted by Crippen LogP contribution is -2.60. The molecule has 0 fully saturated rings. The minimum Gasteiger partial charge on any atom is -0.458 e. The molecule has 0 bridgehead atoms. The van der Waals surface area contributed by atoms with Gasteiger partial charge in [-0.1, -0.05) is 60.7 Å². The summed E-state index contributed by atoms with van der Waals surface area (Å²) < 4.78 is 8.82. The molecule has 3 aliphatic heterocycles. The fourth-order valence-electron chi connectivity index (χ4n) is 7.10. The fraction of sp³-hybridized carbons (Fsp3) is 0.0606. The number of hydrogen-bond acceptors (Lipinski definition) is 2. The maximum absolute atomic E-state index is 6.51. The predicted molar refractivity (Wildman–Crippen MR) is 152 cm³/mol. The maximum Gasteiger partial charge on any atom is 0.256 e. The van der Waals surface area contributed by atoms with Crippen LogP contribution in [0.2, 0.25) is 0 Å². The van der Waals surface area contributed by atoms with Crippen molar-refractivity contribution in [2.24, 2.45) is 7.05 Å². The molecule has 172 valence electrons. The number of benzene rings is 5. The molecule has 3 aliphatic rings. The van der Waals surface area contributed by atoms with Crippen LogP contribution in [0.5, 0.6) is 11.5 Å². The van der Waals surface area contributed by atoms with Crippen molar-refractivity contribution in [1.29, 1.82) is 0 Å². The maximum atomic E-state index is 6.51. The van der Waals surface area contributed by atoms with Crippen LogP contribution >= 0.6 is 0 Å². The van der Waals surface area contributed by atoms with Crippen molar-refractivity contribution in [3.63, 3.8) is 0 Å². The van der Waals surface area contributed by atoms with Crippen molar-refractivity contribution < 1.29 is 9.30 Å². The Bertz CT molecular complexity index is 2010. The summed E-state index contributed by atoms with van der Waals surface area (Å²) in [6, 6.07) is 33.1. The molecule has 0 atom stereocenters. The molecule has 0 saturated carbocycles. The quantitative estimate of drug-likeness (QED) is 0.213. The number of aromatic nitrogens is 1. The third-order valence-electron chi connectivity index (χ3n) is 8.63. The summed E-state index contributed by atoms with van der Waals surface area (Å²) >= 11 is 0. The van der Waals surface area contributed by atoms with Crippen LogP contribution in [0.4, 0.5) is 17.1 Å². The molecule has 0 amide bonds. The first-order chi connectivity index (χ1) is 18.2. The van der Waals surface area contributed by atoms with Gasteiger partial charge >= 0.3 is 0 Å². The number of anilines is 3. The molecule has 37 heavy (non-hydrogen) atoms. The summed E-state index contributed by atoms with van der Waals surface area (Å²) in [4.78, 5) is 2.52. The number of pyridine rings is 1. The molecule has 4 heterocycles. The van der Waals surface area contributed by atoms with E-state index in [1.165, 1.54) is 71.8 Å². The van der Waals surface area contributed by atoms with Gasteiger partial charge < -0.3 is 9.64 Å². The van der Waals surface area contributed by atoms with Gasteiger partial charge in [0, 0.05) is 11.8 Å². The number of hydrogen-bond donors (Lipinski definition) is 0. The van der Waals surface area contributed by atoms with Gasteiger partial charge in [0.1, 0.15) is 18.5 Å². The highest BCUT2D eigenvalue weighted by Crippen LogP contribution is 2.53. The summed E-state index contributed by atoms with van der Waals surface area (Å²) in [5, 5.41) is 5.17. The van der Waals surface area contributed by atoms with Crippen molar-refractivity contribution in [2.75, 3.05) is 4.90 Å². The number of para-hydroxylation sites is 1. The number of aryl methyl sites for hydroxylation is 2. The topological polar surface area (TPSA) is 16.4 Å². The van der Waals surface area contributed by atoms with Gasteiger partial charge in [-0.05, 0) is 69.3 Å². The molecule has 4 heteroatoms. The van der Waals surface area contributed by atoms with E-state index >= 15 is 0 Å². The Balaban J connectivity index is 1.52. The first kappa shape index (κ1) is 19.6. The lowest BCUT2D eigenvalue weighted by molar-refractivity contribution is -0.659. The predicted octanol–water partition coefficient (Wildman–Crippen LogP) is 5.51. The van der Waals surface area contributed by atoms with Gasteiger partial charge in [0.05, 0.1) is 22.3 Å². The minimum absolute atomic E-state index is 0.133. The van der Waals surface area contributed by atoms with E-state index in [-0.39, 0.29) is 6.71 Å². The molecular formula is C33H22BN2O+. The summed E-state index contributed by atoms with van der Waals surface area (Å²) in [6.45, 7) is 2.41. The van der Waals surface area contributed by atoms with Crippen LogP contribution in [0.25, 0.3) is 32.8 Å². The van der Waals surface area contributed by atoms with Gasteiger partial charge in [0.25, 0.3) is 6.71 Å². The van der Waals surface area contributed by atoms with Crippen molar-refractivity contribution in [3.8, 4) is 22.8 Å². The Labute approximate surface area is 215 Å². The Morgan fingerprint density at radius 1 is 0.757 bits per heavy atom. The second-order valence-corrected chi connectivity index (χ2v) is 10.5. The Morgan fingerprint density at radius 2 is 1.59 bits per heavy atom. The normalized spacial score (nSPS) is 13.8. The van der Waals surface area contributed by atoms with Gasteiger partial charge in [-0.25, -0.2) is 4.57 Å². The molecule has 9 rings (SSSR count). The van der Waals surface area contributed by atoms with Crippen molar-refractivity contribution in [2.45, 2.75) is 6.92 Å². The summed E-state index contributed by atoms with van der Waals surface area (Å²) in [5.74, 6) is 1.91. The smallest absolute Gasteiger partial charge is 0.256 e. The molecular weight excluding hydrogens is 451 g/mol. The zero-order valence-electron chi connectivity index (χ0n) is 20.6. The second-order valence-electron chi connectivity index (χ2n) is 10.5. The summed E-state index contributed by atoms with van der Waals surface area (Å²) in [5.41, 5.74) is 11.5. The molecule has 3 nitrogen and oxygen atoms in total. The first-order valence-corrected chi connectivity index (χ1v) is 12.9. The first-order valence-electron chi connectivity index (χ1n) is 12.9. The van der Waals surface area contributed by atoms with E-state index < -0.39 is 0 Å². The molecule has 0 aliphatic carbocycles. The van der Waals surface area contributed by atoms with Crippen LogP contribution in [0.3, 0.4) is 0 Å². The van der Waals surface area contributed by atoms with Crippen LogP contribution in [-0.4, -0.2) is 6.71 Å². The van der Waals surface area contributed by atoms with Crippen molar-refractivity contribution >= 4 is 61.7 Å². The Morgan fingerprint density at radius 3 is 2.54 bits per heavy atom. The fourth-order valence-corrected chi connectivity index (χ4v) is 7.10. The van der Waals surface area contributed by atoms with Crippen LogP contribution in [0.15, 0.2) is 97.2 Å². The zero-order valence-corrected chi connectivity index (χ0v) is 20.6. The van der Waals surface area contributed by atoms with E-state index in [0.717, 1.165) is 11.5 Å². The van der Waals surface area contributed by atoms with Gasteiger partial charge in [-0.15, -0.1) is 0 Å². The van der Waals surface area contributed by atoms with Crippen LogP contribution in [0.1, 0.15) is 5.56 Å². The number of rotatable bonds is 0. The van der Waals surface area contributed by atoms with Gasteiger partial charge in [0.15, 0.2) is 6.20 Å². The Hall–Kier alpha value is -4.57. The average molecular weight is 473 g/mol. The van der Waals surface area contributed by atoms with E-state index in [0.29, 0.717) is 0 Å². The van der Waals surface area contributed by atoms with Crippen LogP contribution in [-0.2, 0) is 7.05 Å². The van der Waals surface area contributed by atoms with E-state index in [9.17, 15) is 0 Å². The minimum atomic E-state index is 0.133. The average Bonchev–Trinajstić information content (AvgIpc) is 2.93. The molecule has 0 unspecified atom stereocenters. The van der Waals surface area contributed by atoms with Gasteiger partial charge in [0.2, 0.25) is 5.69 Å². The molecule has 1 aromatic heterocycles. The third-order valence-corrected chi connectivity index (χ3v) is 8.63. The van der Waals surface area contributed by atoms with E-state index in [4.69, 9.17) is 4.74 Å². The zero-order chi connectivity index (χ0) is 24.4. The highest BCUT2D eigenvalue weighted by Gasteiger charge is 2.45. The van der Waals surface area contributed by atoms with E-state index in [2.05, 4.69) is 121 Å². The number of nitrogens with zero attached hydrogens (tertiary/aromatic N) is 2. The molecule has 0 saturated heterocycles. The second kappa shape index (κ2) is 6.60. The summed E-state index contributed by atoms with van der Waals surface area (Å²) in [6.07, 6.45) is 2.21. The molecule has 0 radical (unpaired) electrons. The summed E-state index contributed by atoms with van der Waals surface area (Å²) in [7, 11) is 2.18. The van der Waals surface area contributed by atoms with Gasteiger partial charge in [-0.2, -0.15) is 0 Å². The molecule has 5 aromatic carbocycles. The van der Waals surface area contributed by atoms with Crippen molar-refractivity contribution in [3.05, 3.63) is 103 Å². The molecule has 0 N–H and O–H groups in total. The van der Waals surface area contributed by atoms with E-state index in [1.54, 1.807) is 0 Å². The molecule has 6 aromatic rings. The van der Waals surface area contributed by atoms with Crippen LogP contribution < -0.4 is 30.6 Å². The largest absolute Gasteiger partial charge is 0.458 e. The van der Waals surface area contributed by atoms with Crippen molar-refractivity contribution in [1.82, 2.24) is 0 Å². The highest BCUT2D eigenvalue weighted by molar-refractivity contribution is 6.99. The van der Waals surface area contributed by atoms with E-state index in [1.807, 2.05) is 0 Å². The highest BCUT2D eigenvalue weighted by atomic mass is 16.5. The molecule has 0 spiro atoms. The standard InChI is InChI=1S/C33H22BN2O/c1-19-22-9-4-3-8-21(22)18-26-29(19)33-30-20(16-17-35(33)2)14-15-24-32(30)36(26)25-11-7-13-28-31(25)34(24)23-10-5-6-12-27(23)37-28/h3-18H,1-2H3/q+1. The van der Waals surface area contributed by atoms with Crippen LogP contribution in [0, 0.1) is 6.92 Å². The SMILES string of the molecule is Cc1c2c(cc3ccccc13)N1c3cccc4c3B(c3ccccc3O4)c3ccc4cc[n+](C)c-2c4c31. The lowest BCUT2D eigenvalue weighted by atomic mass is 9.34. The van der Waals surface area contributed by atoms with Gasteiger partial charge in [-0.3, -0.25) is 0 Å². The lowest BCUT2D eigenvalue weighted by Gasteiger charge is -2.42. The monoisotopic (exact) mass is 473 g/mol.